The van der Waals surface area contributed by atoms with Gasteiger partial charge >= 0.3 is 0 Å². The smallest absolute Gasteiger partial charge is 0.262 e. The quantitative estimate of drug-likeness (QED) is 0.790. The molecule has 0 fully saturated rings. The zero-order chi connectivity index (χ0) is 15.8. The van der Waals surface area contributed by atoms with Crippen molar-refractivity contribution in [2.45, 2.75) is 45.5 Å². The van der Waals surface area contributed by atoms with Crippen molar-refractivity contribution in [3.05, 3.63) is 44.7 Å². The summed E-state index contributed by atoms with van der Waals surface area (Å²) in [6.07, 6.45) is 0. The molecule has 0 bridgehead atoms. The summed E-state index contributed by atoms with van der Waals surface area (Å²) < 4.78 is 6.79. The van der Waals surface area contributed by atoms with Crippen LogP contribution in [0.4, 0.5) is 0 Å². The van der Waals surface area contributed by atoms with Crippen molar-refractivity contribution in [3.8, 4) is 0 Å². The van der Waals surface area contributed by atoms with E-state index < -0.39 is 8.32 Å². The molecule has 0 spiro atoms. The first-order valence-corrected chi connectivity index (χ1v) is 10.8. The first kappa shape index (κ1) is 16.5. The van der Waals surface area contributed by atoms with Crippen LogP contribution >= 0.6 is 15.9 Å². The third-order valence-electron chi connectivity index (χ3n) is 4.27. The molecule has 0 radical (unpaired) electrons. The fourth-order valence-electron chi connectivity index (χ4n) is 1.80. The molecule has 0 amide bonds. The summed E-state index contributed by atoms with van der Waals surface area (Å²) in [6.45, 7) is 11.8. The summed E-state index contributed by atoms with van der Waals surface area (Å²) in [5.74, 6) is 0. The van der Waals surface area contributed by atoms with Gasteiger partial charge in [-0.15, -0.1) is 0 Å². The lowest BCUT2D eigenvalue weighted by atomic mass is 10.1. The Labute approximate surface area is 135 Å². The number of nitrogens with one attached hydrogen (secondary N) is 1. The zero-order valence-corrected chi connectivity index (χ0v) is 15.8. The highest BCUT2D eigenvalue weighted by atomic mass is 79.9. The number of hydrogen-bond donors (Lipinski definition) is 1. The molecule has 0 aliphatic rings. The van der Waals surface area contributed by atoms with E-state index in [0.717, 1.165) is 16.5 Å². The van der Waals surface area contributed by atoms with Crippen molar-refractivity contribution < 1.29 is 4.43 Å². The maximum atomic E-state index is 11.6. The van der Waals surface area contributed by atoms with Gasteiger partial charge in [-0.3, -0.25) is 4.79 Å². The summed E-state index contributed by atoms with van der Waals surface area (Å²) >= 11 is 3.27. The van der Waals surface area contributed by atoms with Gasteiger partial charge in [0.1, 0.15) is 0 Å². The van der Waals surface area contributed by atoms with Crippen LogP contribution in [0.15, 0.2) is 33.5 Å². The van der Waals surface area contributed by atoms with E-state index >= 15 is 0 Å². The Kier molecular flexibility index (Phi) is 4.47. The number of aromatic nitrogens is 1. The second kappa shape index (κ2) is 5.70. The molecular formula is C16H22BrNO2Si. The van der Waals surface area contributed by atoms with Crippen LogP contribution in [0.1, 0.15) is 26.3 Å². The highest BCUT2D eigenvalue weighted by Gasteiger charge is 2.36. The molecule has 3 nitrogen and oxygen atoms in total. The van der Waals surface area contributed by atoms with Gasteiger partial charge in [0.25, 0.3) is 5.56 Å². The number of hydrogen-bond acceptors (Lipinski definition) is 2. The average molecular weight is 368 g/mol. The number of H-pyrrole nitrogens is 1. The van der Waals surface area contributed by atoms with Crippen LogP contribution in [0, 0.1) is 0 Å². The molecule has 5 heteroatoms. The molecule has 1 N–H and O–H groups in total. The third-order valence-corrected chi connectivity index (χ3v) is 9.34. The minimum atomic E-state index is -1.74. The molecular weight excluding hydrogens is 346 g/mol. The van der Waals surface area contributed by atoms with E-state index in [2.05, 4.69) is 60.8 Å². The third kappa shape index (κ3) is 3.65. The minimum Gasteiger partial charge on any atom is -0.413 e. The molecule has 1 aromatic carbocycles. The monoisotopic (exact) mass is 367 g/mol. The van der Waals surface area contributed by atoms with Crippen molar-refractivity contribution in [2.24, 2.45) is 0 Å². The standard InChI is InChI=1S/C16H22BrNO2Si/c1-16(2,3)21(4,5)20-10-11-6-7-14-12(8-11)9-13(17)15(19)18-14/h6-9H,10H2,1-5H3,(H,18,19). The number of fused-ring (bicyclic) bond motifs is 1. The minimum absolute atomic E-state index is 0.104. The molecule has 2 rings (SSSR count). The van der Waals surface area contributed by atoms with Crippen molar-refractivity contribution in [1.82, 2.24) is 4.98 Å². The molecule has 1 heterocycles. The molecule has 21 heavy (non-hydrogen) atoms. The zero-order valence-electron chi connectivity index (χ0n) is 13.2. The second-order valence-electron chi connectivity index (χ2n) is 6.92. The maximum Gasteiger partial charge on any atom is 0.262 e. The molecule has 0 saturated carbocycles. The lowest BCUT2D eigenvalue weighted by molar-refractivity contribution is 0.276. The summed E-state index contributed by atoms with van der Waals surface area (Å²) in [7, 11) is -1.74. The largest absolute Gasteiger partial charge is 0.413 e. The van der Waals surface area contributed by atoms with Crippen molar-refractivity contribution in [1.29, 1.82) is 0 Å². The predicted octanol–water partition coefficient (Wildman–Crippen LogP) is 4.81. The first-order chi connectivity index (χ1) is 9.60. The van der Waals surface area contributed by atoms with Crippen LogP contribution in [0.2, 0.25) is 18.1 Å². The van der Waals surface area contributed by atoms with Gasteiger partial charge in [0.05, 0.1) is 11.1 Å². The van der Waals surface area contributed by atoms with Crippen LogP contribution in [-0.4, -0.2) is 13.3 Å². The Morgan fingerprint density at radius 3 is 2.52 bits per heavy atom. The van der Waals surface area contributed by atoms with Gasteiger partial charge in [0.2, 0.25) is 0 Å². The fourth-order valence-corrected chi connectivity index (χ4v) is 3.11. The number of aromatic amines is 1. The number of benzene rings is 1. The Morgan fingerprint density at radius 1 is 1.24 bits per heavy atom. The first-order valence-electron chi connectivity index (χ1n) is 7.05. The van der Waals surface area contributed by atoms with Crippen LogP contribution in [0.5, 0.6) is 0 Å². The molecule has 1 aromatic heterocycles. The molecule has 0 aliphatic heterocycles. The summed E-state index contributed by atoms with van der Waals surface area (Å²) in [5.41, 5.74) is 1.87. The van der Waals surface area contributed by atoms with E-state index in [4.69, 9.17) is 4.43 Å². The lowest BCUT2D eigenvalue weighted by Gasteiger charge is -2.36. The van der Waals surface area contributed by atoms with E-state index in [-0.39, 0.29) is 10.6 Å². The summed E-state index contributed by atoms with van der Waals surface area (Å²) in [6, 6.07) is 7.87. The van der Waals surface area contributed by atoms with E-state index in [9.17, 15) is 4.79 Å². The highest BCUT2D eigenvalue weighted by molar-refractivity contribution is 9.10. The highest BCUT2D eigenvalue weighted by Crippen LogP contribution is 2.37. The van der Waals surface area contributed by atoms with Gasteiger partial charge in [0.15, 0.2) is 8.32 Å². The SMILES string of the molecule is CC(C)(C)[Si](C)(C)OCc1ccc2[nH]c(=O)c(Br)cc2c1. The fraction of sp³-hybridized carbons (Fsp3) is 0.438. The summed E-state index contributed by atoms with van der Waals surface area (Å²) in [5, 5.41) is 1.22. The molecule has 114 valence electrons. The van der Waals surface area contributed by atoms with E-state index in [0.29, 0.717) is 11.1 Å². The van der Waals surface area contributed by atoms with Gasteiger partial charge in [-0.05, 0) is 63.2 Å². The van der Waals surface area contributed by atoms with Crippen LogP contribution in [0.25, 0.3) is 10.9 Å². The predicted molar refractivity (Wildman–Crippen MR) is 94.3 cm³/mol. The Morgan fingerprint density at radius 2 is 1.90 bits per heavy atom. The Balaban J connectivity index is 2.24. The molecule has 0 saturated heterocycles. The second-order valence-corrected chi connectivity index (χ2v) is 12.6. The Bertz CT molecular complexity index is 716. The van der Waals surface area contributed by atoms with Crippen LogP contribution in [-0.2, 0) is 11.0 Å². The van der Waals surface area contributed by atoms with Crippen molar-refractivity contribution in [3.63, 3.8) is 0 Å². The topological polar surface area (TPSA) is 42.1 Å². The van der Waals surface area contributed by atoms with E-state index in [1.54, 1.807) is 0 Å². The van der Waals surface area contributed by atoms with Gasteiger partial charge in [0, 0.05) is 5.52 Å². The lowest BCUT2D eigenvalue weighted by Crippen LogP contribution is -2.40. The van der Waals surface area contributed by atoms with Crippen molar-refractivity contribution >= 4 is 35.2 Å². The summed E-state index contributed by atoms with van der Waals surface area (Å²) in [4.78, 5) is 14.4. The molecule has 0 atom stereocenters. The van der Waals surface area contributed by atoms with Crippen LogP contribution in [0.3, 0.4) is 0 Å². The Hall–Kier alpha value is -0.913. The van der Waals surface area contributed by atoms with Gasteiger partial charge in [-0.25, -0.2) is 0 Å². The van der Waals surface area contributed by atoms with Gasteiger partial charge in [-0.1, -0.05) is 26.8 Å². The number of halogens is 1. The molecule has 0 unspecified atom stereocenters. The van der Waals surface area contributed by atoms with Crippen molar-refractivity contribution in [2.75, 3.05) is 0 Å². The normalized spacial score (nSPS) is 12.9. The van der Waals surface area contributed by atoms with Gasteiger partial charge < -0.3 is 9.41 Å². The number of pyridine rings is 1. The molecule has 2 aromatic rings. The van der Waals surface area contributed by atoms with E-state index in [1.807, 2.05) is 18.2 Å². The average Bonchev–Trinajstić information content (AvgIpc) is 2.36. The van der Waals surface area contributed by atoms with Crippen LogP contribution < -0.4 is 5.56 Å². The maximum absolute atomic E-state index is 11.6. The number of rotatable bonds is 3. The van der Waals surface area contributed by atoms with E-state index in [1.165, 1.54) is 0 Å². The molecule has 0 aliphatic carbocycles. The van der Waals surface area contributed by atoms with Gasteiger partial charge in [-0.2, -0.15) is 0 Å².